The van der Waals surface area contributed by atoms with Gasteiger partial charge in [-0.25, -0.2) is 9.78 Å². The minimum Gasteiger partial charge on any atom is -0.492 e. The van der Waals surface area contributed by atoms with Crippen LogP contribution in [0, 0.1) is 13.8 Å². The van der Waals surface area contributed by atoms with Crippen LogP contribution in [0.2, 0.25) is 0 Å². The number of fused-ring (bicyclic) bond motifs is 4. The fraction of sp³-hybridized carbons (Fsp3) is 0.406. The van der Waals surface area contributed by atoms with E-state index >= 15 is 0 Å². The highest BCUT2D eigenvalue weighted by Gasteiger charge is 2.21. The lowest BCUT2D eigenvalue weighted by Gasteiger charge is -2.33. The molecule has 0 radical (unpaired) electrons. The van der Waals surface area contributed by atoms with Gasteiger partial charge in [-0.3, -0.25) is 9.80 Å². The number of carbonyl (C=O) groups is 1. The van der Waals surface area contributed by atoms with Crippen LogP contribution in [0.25, 0.3) is 0 Å². The molecule has 0 unspecified atom stereocenters. The van der Waals surface area contributed by atoms with Gasteiger partial charge in [0.2, 0.25) is 5.95 Å². The van der Waals surface area contributed by atoms with Gasteiger partial charge in [0.15, 0.2) is 0 Å². The standard InChI is InChI=1S/C32H40N6O4/c1-4-36-15-17-37(18-16-36)19-21-41-28-11-10-27-22-26(28)23-40-20-6-5-14-38(29-12-13-33-31(34-27)35-29)32(39)42-30-24(2)8-7-9-25(30)3/h5-13,22H,4,14-21,23H2,1-3H3,(H,33,34,35)/b6-5+. The Kier molecular flexibility index (Phi) is 10.0. The summed E-state index contributed by atoms with van der Waals surface area (Å²) >= 11 is 0. The third kappa shape index (κ3) is 7.64. The Bertz CT molecular complexity index is 1370. The predicted octanol–water partition coefficient (Wildman–Crippen LogP) is 4.95. The number of hydrogen-bond donors (Lipinski definition) is 1. The van der Waals surface area contributed by atoms with Crippen LogP contribution >= 0.6 is 0 Å². The van der Waals surface area contributed by atoms with Crippen molar-refractivity contribution in [3.8, 4) is 11.5 Å². The van der Waals surface area contributed by atoms with Crippen molar-refractivity contribution in [2.75, 3.05) is 69.2 Å². The lowest BCUT2D eigenvalue weighted by molar-refractivity contribution is 0.118. The molecule has 0 spiro atoms. The summed E-state index contributed by atoms with van der Waals surface area (Å²) in [6.45, 7) is 14.0. The molecule has 0 atom stereocenters. The van der Waals surface area contributed by atoms with Crippen LogP contribution in [0.4, 0.5) is 22.2 Å². The van der Waals surface area contributed by atoms with Gasteiger partial charge in [0.25, 0.3) is 0 Å². The lowest BCUT2D eigenvalue weighted by Crippen LogP contribution is -2.47. The van der Waals surface area contributed by atoms with Crippen molar-refractivity contribution in [1.82, 2.24) is 19.8 Å². The van der Waals surface area contributed by atoms with Crippen LogP contribution < -0.4 is 19.7 Å². The van der Waals surface area contributed by atoms with Crippen molar-refractivity contribution in [3.63, 3.8) is 0 Å². The Balaban J connectivity index is 1.30. The minimum atomic E-state index is -0.522. The molecule has 1 amide bonds. The van der Waals surface area contributed by atoms with Gasteiger partial charge in [-0.05, 0) is 55.8 Å². The summed E-state index contributed by atoms with van der Waals surface area (Å²) in [5.41, 5.74) is 3.51. The smallest absolute Gasteiger partial charge is 0.421 e. The van der Waals surface area contributed by atoms with E-state index in [2.05, 4.69) is 32.0 Å². The van der Waals surface area contributed by atoms with E-state index in [1.807, 2.05) is 62.4 Å². The third-order valence-electron chi connectivity index (χ3n) is 7.56. The molecule has 3 aromatic rings. The van der Waals surface area contributed by atoms with Gasteiger partial charge in [0.1, 0.15) is 23.9 Å². The van der Waals surface area contributed by atoms with Gasteiger partial charge in [0, 0.05) is 56.7 Å². The second kappa shape index (κ2) is 14.3. The van der Waals surface area contributed by atoms with Gasteiger partial charge < -0.3 is 24.4 Å². The van der Waals surface area contributed by atoms with E-state index < -0.39 is 6.09 Å². The topological polar surface area (TPSA) is 92.3 Å². The summed E-state index contributed by atoms with van der Waals surface area (Å²) in [7, 11) is 0. The van der Waals surface area contributed by atoms with Gasteiger partial charge in [-0.2, -0.15) is 4.98 Å². The molecule has 3 heterocycles. The monoisotopic (exact) mass is 572 g/mol. The largest absolute Gasteiger partial charge is 0.492 e. The first kappa shape index (κ1) is 29.5. The molecule has 1 fully saturated rings. The van der Waals surface area contributed by atoms with Crippen LogP contribution in [-0.2, 0) is 11.3 Å². The first-order valence-corrected chi connectivity index (χ1v) is 14.6. The van der Waals surface area contributed by atoms with Crippen molar-refractivity contribution < 1.29 is 19.0 Å². The number of nitrogens with one attached hydrogen (secondary N) is 1. The van der Waals surface area contributed by atoms with Gasteiger partial charge in [0.05, 0.1) is 13.2 Å². The molecule has 0 aliphatic carbocycles. The molecule has 5 rings (SSSR count). The summed E-state index contributed by atoms with van der Waals surface area (Å²) in [6, 6.07) is 13.4. The fourth-order valence-corrected chi connectivity index (χ4v) is 5.06. The van der Waals surface area contributed by atoms with E-state index in [9.17, 15) is 4.79 Å². The average molecular weight is 573 g/mol. The molecule has 2 aliphatic heterocycles. The molecule has 1 aromatic heterocycles. The maximum Gasteiger partial charge on any atom is 0.421 e. The zero-order chi connectivity index (χ0) is 29.3. The zero-order valence-electron chi connectivity index (χ0n) is 24.7. The molecule has 10 nitrogen and oxygen atoms in total. The summed E-state index contributed by atoms with van der Waals surface area (Å²) in [5.74, 6) is 2.14. The predicted molar refractivity (Wildman–Crippen MR) is 164 cm³/mol. The number of hydrogen-bond acceptors (Lipinski definition) is 9. The van der Waals surface area contributed by atoms with Crippen LogP contribution in [0.1, 0.15) is 23.6 Å². The Morgan fingerprint density at radius 3 is 2.60 bits per heavy atom. The number of ether oxygens (including phenoxy) is 3. The molecule has 2 aromatic carbocycles. The maximum atomic E-state index is 13.4. The Morgan fingerprint density at radius 2 is 1.81 bits per heavy atom. The second-order valence-corrected chi connectivity index (χ2v) is 10.5. The van der Waals surface area contributed by atoms with Crippen LogP contribution in [0.15, 0.2) is 60.8 Å². The van der Waals surface area contributed by atoms with E-state index in [0.717, 1.165) is 67.4 Å². The highest BCUT2D eigenvalue weighted by Crippen LogP contribution is 2.27. The number of carbonyl (C=O) groups excluding carboxylic acids is 1. The molecule has 1 N–H and O–H groups in total. The van der Waals surface area contributed by atoms with E-state index in [1.165, 1.54) is 4.90 Å². The van der Waals surface area contributed by atoms with Crippen molar-refractivity contribution in [3.05, 3.63) is 77.5 Å². The van der Waals surface area contributed by atoms with Gasteiger partial charge >= 0.3 is 6.09 Å². The second-order valence-electron chi connectivity index (χ2n) is 10.5. The highest BCUT2D eigenvalue weighted by atomic mass is 16.6. The number of rotatable bonds is 6. The number of benzene rings is 2. The van der Waals surface area contributed by atoms with Crippen molar-refractivity contribution >= 4 is 23.5 Å². The Labute approximate surface area is 247 Å². The van der Waals surface area contributed by atoms with E-state index in [1.54, 1.807) is 12.3 Å². The van der Waals surface area contributed by atoms with Crippen molar-refractivity contribution in [1.29, 1.82) is 0 Å². The number of aryl methyl sites for hydroxylation is 2. The van der Waals surface area contributed by atoms with E-state index in [-0.39, 0.29) is 6.54 Å². The molecule has 1 saturated heterocycles. The molecule has 2 aliphatic rings. The highest BCUT2D eigenvalue weighted by molar-refractivity contribution is 5.88. The van der Waals surface area contributed by atoms with E-state index in [0.29, 0.717) is 37.3 Å². The SMILES string of the molecule is CCN1CCN(CCOc2ccc3cc2COC/C=C/CN(C(=O)Oc2c(C)cccc2C)c2ccnc(n2)N3)CC1. The number of para-hydroxylation sites is 1. The molecular weight excluding hydrogens is 532 g/mol. The molecule has 0 saturated carbocycles. The summed E-state index contributed by atoms with van der Waals surface area (Å²) in [6.07, 6.45) is 4.87. The summed E-state index contributed by atoms with van der Waals surface area (Å²) in [5, 5.41) is 3.27. The average Bonchev–Trinajstić information content (AvgIpc) is 2.99. The zero-order valence-corrected chi connectivity index (χ0v) is 24.7. The molecule has 42 heavy (non-hydrogen) atoms. The summed E-state index contributed by atoms with van der Waals surface area (Å²) < 4.78 is 18.0. The van der Waals surface area contributed by atoms with Gasteiger partial charge in [-0.1, -0.05) is 37.3 Å². The van der Waals surface area contributed by atoms with Crippen molar-refractivity contribution in [2.24, 2.45) is 0 Å². The Morgan fingerprint density at radius 1 is 1.02 bits per heavy atom. The lowest BCUT2D eigenvalue weighted by atomic mass is 10.1. The fourth-order valence-electron chi connectivity index (χ4n) is 5.06. The van der Waals surface area contributed by atoms with Crippen molar-refractivity contribution in [2.45, 2.75) is 27.4 Å². The third-order valence-corrected chi connectivity index (χ3v) is 7.56. The Hall–Kier alpha value is -3.99. The molecule has 10 heteroatoms. The number of piperazine rings is 1. The van der Waals surface area contributed by atoms with Crippen LogP contribution in [0.5, 0.6) is 11.5 Å². The van der Waals surface area contributed by atoms with Gasteiger partial charge in [-0.15, -0.1) is 0 Å². The molecule has 4 bridgehead atoms. The van der Waals surface area contributed by atoms with E-state index in [4.69, 9.17) is 14.2 Å². The normalized spacial score (nSPS) is 17.2. The minimum absolute atomic E-state index is 0.260. The first-order valence-electron chi connectivity index (χ1n) is 14.6. The maximum absolute atomic E-state index is 13.4. The first-order chi connectivity index (χ1) is 20.5. The number of nitrogens with zero attached hydrogens (tertiary/aromatic N) is 5. The molecular formula is C32H40N6O4. The quantitative estimate of drug-likeness (QED) is 0.412. The number of anilines is 3. The van der Waals surface area contributed by atoms with Crippen LogP contribution in [0.3, 0.4) is 0 Å². The summed E-state index contributed by atoms with van der Waals surface area (Å²) in [4.78, 5) is 28.8. The number of aromatic nitrogens is 2. The number of amides is 1. The number of likely N-dealkylation sites (N-methyl/N-ethyl adjacent to an activating group) is 1. The molecule has 222 valence electrons. The van der Waals surface area contributed by atoms with Crippen LogP contribution in [-0.4, -0.2) is 84.9 Å².